The van der Waals surface area contributed by atoms with Gasteiger partial charge in [-0.05, 0) is 6.07 Å². The Hall–Kier alpha value is -1.88. The maximum absolute atomic E-state index is 11.8. The van der Waals surface area contributed by atoms with E-state index in [-0.39, 0.29) is 30.7 Å². The van der Waals surface area contributed by atoms with E-state index in [0.717, 1.165) is 4.90 Å². The van der Waals surface area contributed by atoms with Gasteiger partial charge in [0, 0.05) is 17.9 Å². The van der Waals surface area contributed by atoms with Crippen LogP contribution in [-0.4, -0.2) is 35.5 Å². The summed E-state index contributed by atoms with van der Waals surface area (Å²) in [7, 11) is 1.51. The maximum atomic E-state index is 11.8. The molecule has 2 atom stereocenters. The molecule has 1 aromatic carbocycles. The van der Waals surface area contributed by atoms with Crippen molar-refractivity contribution in [3.8, 4) is 5.75 Å². The number of aliphatic hydroxyl groups is 1. The number of β-amino-alcohol motifs (C(OH)–C–C–N with tert-alkyl or cyclic N) is 1. The van der Waals surface area contributed by atoms with Crippen molar-refractivity contribution in [2.45, 2.75) is 19.4 Å². The predicted octanol–water partition coefficient (Wildman–Crippen LogP) is 1.12. The maximum Gasteiger partial charge on any atom is 0.232 e. The van der Waals surface area contributed by atoms with Crippen LogP contribution in [-0.2, 0) is 9.59 Å². The lowest BCUT2D eigenvalue weighted by Gasteiger charge is -2.20. The van der Waals surface area contributed by atoms with E-state index in [0.29, 0.717) is 11.3 Å². The van der Waals surface area contributed by atoms with E-state index < -0.39 is 6.10 Å². The number of hydrogen-bond acceptors (Lipinski definition) is 4. The Morgan fingerprint density at radius 2 is 2.11 bits per heavy atom. The third-order valence-corrected chi connectivity index (χ3v) is 3.32. The standard InChI is InChI=1S/C14H17NO4/c1-9-7-13(17)15(14(9)18)8-11(16)10-5-3-4-6-12(10)19-2/h3-6,9,11,16H,7-8H2,1-2H3. The number of hydrogen-bond donors (Lipinski definition) is 1. The highest BCUT2D eigenvalue weighted by atomic mass is 16.5. The van der Waals surface area contributed by atoms with Crippen LogP contribution in [0.1, 0.15) is 25.0 Å². The molecule has 2 amide bonds. The van der Waals surface area contributed by atoms with E-state index in [1.165, 1.54) is 7.11 Å². The SMILES string of the molecule is COc1ccccc1C(O)CN1C(=O)CC(C)C1=O. The summed E-state index contributed by atoms with van der Waals surface area (Å²) in [5, 5.41) is 10.2. The van der Waals surface area contributed by atoms with Crippen molar-refractivity contribution < 1.29 is 19.4 Å². The molecule has 2 rings (SSSR count). The third-order valence-electron chi connectivity index (χ3n) is 3.32. The normalized spacial score (nSPS) is 20.8. The van der Waals surface area contributed by atoms with Gasteiger partial charge < -0.3 is 9.84 Å². The van der Waals surface area contributed by atoms with Gasteiger partial charge in [-0.25, -0.2) is 0 Å². The molecule has 2 unspecified atom stereocenters. The molecule has 1 heterocycles. The molecule has 0 radical (unpaired) electrons. The Morgan fingerprint density at radius 1 is 1.42 bits per heavy atom. The Morgan fingerprint density at radius 3 is 2.68 bits per heavy atom. The lowest BCUT2D eigenvalue weighted by Crippen LogP contribution is -2.34. The van der Waals surface area contributed by atoms with Crippen molar-refractivity contribution in [2.75, 3.05) is 13.7 Å². The summed E-state index contributed by atoms with van der Waals surface area (Å²) >= 11 is 0. The fourth-order valence-electron chi connectivity index (χ4n) is 2.25. The number of amides is 2. The van der Waals surface area contributed by atoms with Crippen LogP contribution in [0.25, 0.3) is 0 Å². The van der Waals surface area contributed by atoms with Crippen LogP contribution in [0.5, 0.6) is 5.75 Å². The lowest BCUT2D eigenvalue weighted by molar-refractivity contribution is -0.140. The number of aliphatic hydroxyl groups excluding tert-OH is 1. The predicted molar refractivity (Wildman–Crippen MR) is 68.5 cm³/mol. The molecule has 1 fully saturated rings. The molecule has 5 heteroatoms. The van der Waals surface area contributed by atoms with Gasteiger partial charge in [-0.15, -0.1) is 0 Å². The van der Waals surface area contributed by atoms with Crippen LogP contribution < -0.4 is 4.74 Å². The Bertz CT molecular complexity index is 500. The number of likely N-dealkylation sites (tertiary alicyclic amines) is 1. The highest BCUT2D eigenvalue weighted by molar-refractivity contribution is 6.03. The van der Waals surface area contributed by atoms with Crippen LogP contribution in [0.4, 0.5) is 0 Å². The molecule has 102 valence electrons. The molecule has 0 bridgehead atoms. The van der Waals surface area contributed by atoms with Crippen molar-refractivity contribution in [1.29, 1.82) is 0 Å². The summed E-state index contributed by atoms with van der Waals surface area (Å²) < 4.78 is 5.16. The molecule has 0 saturated carbocycles. The first-order valence-corrected chi connectivity index (χ1v) is 6.19. The molecule has 19 heavy (non-hydrogen) atoms. The zero-order valence-electron chi connectivity index (χ0n) is 11.0. The number of imide groups is 1. The van der Waals surface area contributed by atoms with E-state index in [2.05, 4.69) is 0 Å². The molecule has 5 nitrogen and oxygen atoms in total. The molecule has 0 aromatic heterocycles. The zero-order chi connectivity index (χ0) is 14.0. The quantitative estimate of drug-likeness (QED) is 0.827. The smallest absolute Gasteiger partial charge is 0.232 e. The molecular formula is C14H17NO4. The monoisotopic (exact) mass is 263 g/mol. The third kappa shape index (κ3) is 2.61. The molecule has 1 N–H and O–H groups in total. The number of para-hydroxylation sites is 1. The summed E-state index contributed by atoms with van der Waals surface area (Å²) in [4.78, 5) is 24.6. The van der Waals surface area contributed by atoms with E-state index in [4.69, 9.17) is 4.74 Å². The number of carbonyl (C=O) groups excluding carboxylic acids is 2. The first-order chi connectivity index (χ1) is 9.04. The van der Waals surface area contributed by atoms with Gasteiger partial charge in [-0.2, -0.15) is 0 Å². The summed E-state index contributed by atoms with van der Waals surface area (Å²) in [6.45, 7) is 1.69. The zero-order valence-corrected chi connectivity index (χ0v) is 11.0. The Balaban J connectivity index is 2.15. The Kier molecular flexibility index (Phi) is 3.85. The van der Waals surface area contributed by atoms with E-state index in [9.17, 15) is 14.7 Å². The molecule has 1 aliphatic heterocycles. The number of carbonyl (C=O) groups is 2. The van der Waals surface area contributed by atoms with Crippen LogP contribution in [0.3, 0.4) is 0 Å². The lowest BCUT2D eigenvalue weighted by atomic mass is 10.1. The summed E-state index contributed by atoms with van der Waals surface area (Å²) in [5.74, 6) is -0.204. The fourth-order valence-corrected chi connectivity index (χ4v) is 2.25. The topological polar surface area (TPSA) is 66.8 Å². The van der Waals surface area contributed by atoms with Gasteiger partial charge >= 0.3 is 0 Å². The van der Waals surface area contributed by atoms with Crippen molar-refractivity contribution in [3.05, 3.63) is 29.8 Å². The Labute approximate surface area is 111 Å². The van der Waals surface area contributed by atoms with Crippen LogP contribution in [0, 0.1) is 5.92 Å². The van der Waals surface area contributed by atoms with Crippen molar-refractivity contribution in [3.63, 3.8) is 0 Å². The van der Waals surface area contributed by atoms with Gasteiger partial charge in [0.1, 0.15) is 11.9 Å². The second kappa shape index (κ2) is 5.40. The van der Waals surface area contributed by atoms with Gasteiger partial charge in [-0.3, -0.25) is 14.5 Å². The first kappa shape index (κ1) is 13.5. The van der Waals surface area contributed by atoms with Crippen LogP contribution in [0.15, 0.2) is 24.3 Å². The highest BCUT2D eigenvalue weighted by Gasteiger charge is 2.36. The van der Waals surface area contributed by atoms with Crippen molar-refractivity contribution >= 4 is 11.8 Å². The van der Waals surface area contributed by atoms with E-state index in [1.807, 2.05) is 0 Å². The van der Waals surface area contributed by atoms with Gasteiger partial charge in [0.25, 0.3) is 0 Å². The van der Waals surface area contributed by atoms with Crippen LogP contribution in [0.2, 0.25) is 0 Å². The fraction of sp³-hybridized carbons (Fsp3) is 0.429. The van der Waals surface area contributed by atoms with Crippen molar-refractivity contribution in [1.82, 2.24) is 4.90 Å². The number of rotatable bonds is 4. The van der Waals surface area contributed by atoms with Crippen molar-refractivity contribution in [2.24, 2.45) is 5.92 Å². The molecule has 1 aliphatic rings. The number of benzene rings is 1. The number of methoxy groups -OCH3 is 1. The second-order valence-corrected chi connectivity index (χ2v) is 4.71. The average Bonchev–Trinajstić information content (AvgIpc) is 2.65. The highest BCUT2D eigenvalue weighted by Crippen LogP contribution is 2.27. The molecule has 1 aromatic rings. The molecular weight excluding hydrogens is 246 g/mol. The minimum atomic E-state index is -0.936. The summed E-state index contributed by atoms with van der Waals surface area (Å²) in [6.07, 6.45) is -0.716. The van der Waals surface area contributed by atoms with Gasteiger partial charge in [-0.1, -0.05) is 25.1 Å². The average molecular weight is 263 g/mol. The number of nitrogens with zero attached hydrogens (tertiary/aromatic N) is 1. The molecule has 0 aliphatic carbocycles. The molecule has 1 saturated heterocycles. The summed E-state index contributed by atoms with van der Waals surface area (Å²) in [5.41, 5.74) is 0.574. The van der Waals surface area contributed by atoms with Gasteiger partial charge in [0.15, 0.2) is 0 Å². The van der Waals surface area contributed by atoms with E-state index in [1.54, 1.807) is 31.2 Å². The van der Waals surface area contributed by atoms with Gasteiger partial charge in [0.2, 0.25) is 11.8 Å². The second-order valence-electron chi connectivity index (χ2n) is 4.71. The first-order valence-electron chi connectivity index (χ1n) is 6.19. The minimum Gasteiger partial charge on any atom is -0.496 e. The van der Waals surface area contributed by atoms with E-state index >= 15 is 0 Å². The van der Waals surface area contributed by atoms with Crippen LogP contribution >= 0.6 is 0 Å². The molecule has 0 spiro atoms. The largest absolute Gasteiger partial charge is 0.496 e. The number of ether oxygens (including phenoxy) is 1. The van der Waals surface area contributed by atoms with Gasteiger partial charge in [0.05, 0.1) is 13.7 Å². The minimum absolute atomic E-state index is 0.0254. The summed E-state index contributed by atoms with van der Waals surface area (Å²) in [6, 6.07) is 7.02.